The molecule has 0 atom stereocenters. The Kier molecular flexibility index (Phi) is 12.0. The average molecular weight is 220 g/mol. The quantitative estimate of drug-likeness (QED) is 0.342. The Morgan fingerprint density at radius 2 is 2.17 bits per heavy atom. The molecule has 0 aromatic heterocycles. The standard InChI is InChI=1S/C9H16S3/c1-3-6-10-8-5-9-12-11-7-4-2/h3,5,9H,1,4,6-8H2,2H3/b9-5+. The summed E-state index contributed by atoms with van der Waals surface area (Å²) in [5, 5.41) is 2.18. The first-order valence-electron chi connectivity index (χ1n) is 4.03. The molecule has 0 amide bonds. The smallest absolute Gasteiger partial charge is 0.0124 e. The number of thioether (sulfide) groups is 1. The predicted molar refractivity (Wildman–Crippen MR) is 67.0 cm³/mol. The van der Waals surface area contributed by atoms with E-state index in [1.165, 1.54) is 12.2 Å². The second kappa shape index (κ2) is 11.5. The molecule has 0 radical (unpaired) electrons. The Morgan fingerprint density at radius 1 is 1.33 bits per heavy atom. The van der Waals surface area contributed by atoms with Crippen LogP contribution in [0.1, 0.15) is 13.3 Å². The minimum atomic E-state index is 1.05. The van der Waals surface area contributed by atoms with Crippen LogP contribution in [0.5, 0.6) is 0 Å². The lowest BCUT2D eigenvalue weighted by Gasteiger charge is -1.91. The van der Waals surface area contributed by atoms with Gasteiger partial charge in [-0.3, -0.25) is 0 Å². The molecule has 0 N–H and O–H groups in total. The van der Waals surface area contributed by atoms with E-state index in [0.29, 0.717) is 0 Å². The van der Waals surface area contributed by atoms with Gasteiger partial charge < -0.3 is 0 Å². The molecule has 0 aliphatic carbocycles. The third-order valence-corrected chi connectivity index (χ3v) is 4.11. The highest BCUT2D eigenvalue weighted by Crippen LogP contribution is 2.22. The van der Waals surface area contributed by atoms with Crippen LogP contribution in [0.4, 0.5) is 0 Å². The summed E-state index contributed by atoms with van der Waals surface area (Å²) in [4.78, 5) is 0. The first-order chi connectivity index (χ1) is 5.91. The van der Waals surface area contributed by atoms with Gasteiger partial charge in [0.1, 0.15) is 0 Å². The number of hydrogen-bond donors (Lipinski definition) is 0. The summed E-state index contributed by atoms with van der Waals surface area (Å²) in [5.74, 6) is 3.40. The summed E-state index contributed by atoms with van der Waals surface area (Å²) in [6, 6.07) is 0. The van der Waals surface area contributed by atoms with Crippen LogP contribution in [0.3, 0.4) is 0 Å². The van der Waals surface area contributed by atoms with E-state index in [0.717, 1.165) is 11.5 Å². The zero-order chi connectivity index (χ0) is 9.07. The Labute approximate surface area is 88.0 Å². The van der Waals surface area contributed by atoms with Crippen LogP contribution in [-0.4, -0.2) is 17.3 Å². The first kappa shape index (κ1) is 12.5. The molecule has 0 heterocycles. The molecule has 70 valence electrons. The van der Waals surface area contributed by atoms with Gasteiger partial charge in [-0.25, -0.2) is 0 Å². The van der Waals surface area contributed by atoms with E-state index in [1.54, 1.807) is 0 Å². The van der Waals surface area contributed by atoms with Gasteiger partial charge in [-0.15, -0.1) is 6.58 Å². The van der Waals surface area contributed by atoms with Gasteiger partial charge in [0.05, 0.1) is 0 Å². The van der Waals surface area contributed by atoms with Crippen LogP contribution in [0, 0.1) is 0 Å². The molecule has 0 rings (SSSR count). The fourth-order valence-corrected chi connectivity index (χ4v) is 2.90. The van der Waals surface area contributed by atoms with Crippen molar-refractivity contribution in [3.63, 3.8) is 0 Å². The average Bonchev–Trinajstić information content (AvgIpc) is 2.10. The lowest BCUT2D eigenvalue weighted by atomic mass is 10.6. The molecule has 0 fully saturated rings. The van der Waals surface area contributed by atoms with Gasteiger partial charge in [0.25, 0.3) is 0 Å². The fourth-order valence-electron chi connectivity index (χ4n) is 0.469. The normalized spacial score (nSPS) is 10.8. The van der Waals surface area contributed by atoms with Crippen LogP contribution < -0.4 is 0 Å². The SMILES string of the molecule is C=CCSC/C=C/SSCCC. The van der Waals surface area contributed by atoms with E-state index in [-0.39, 0.29) is 0 Å². The number of rotatable bonds is 8. The van der Waals surface area contributed by atoms with Crippen molar-refractivity contribution in [1.82, 2.24) is 0 Å². The van der Waals surface area contributed by atoms with Crippen LogP contribution >= 0.6 is 33.3 Å². The Balaban J connectivity index is 2.98. The Hall–Kier alpha value is 0.530. The van der Waals surface area contributed by atoms with Gasteiger partial charge in [0.2, 0.25) is 0 Å². The molecular formula is C9H16S3. The summed E-state index contributed by atoms with van der Waals surface area (Å²) < 4.78 is 0. The fraction of sp³-hybridized carbons (Fsp3) is 0.556. The predicted octanol–water partition coefficient (Wildman–Crippen LogP) is 4.21. The minimum Gasteiger partial charge on any atom is -0.154 e. The van der Waals surface area contributed by atoms with Crippen molar-refractivity contribution in [1.29, 1.82) is 0 Å². The molecule has 0 bridgehead atoms. The van der Waals surface area contributed by atoms with E-state index in [4.69, 9.17) is 0 Å². The maximum atomic E-state index is 3.66. The molecule has 12 heavy (non-hydrogen) atoms. The monoisotopic (exact) mass is 220 g/mol. The highest BCUT2D eigenvalue weighted by Gasteiger charge is 1.82. The summed E-state index contributed by atoms with van der Waals surface area (Å²) in [6.07, 6.45) is 5.41. The van der Waals surface area contributed by atoms with Crippen LogP contribution in [0.2, 0.25) is 0 Å². The molecule has 0 nitrogen and oxygen atoms in total. The van der Waals surface area contributed by atoms with Gasteiger partial charge in [0.15, 0.2) is 0 Å². The summed E-state index contributed by atoms with van der Waals surface area (Å²) in [6.45, 7) is 5.87. The molecule has 0 saturated carbocycles. The molecule has 0 aliphatic rings. The van der Waals surface area contributed by atoms with Crippen LogP contribution in [0.25, 0.3) is 0 Å². The molecule has 0 aliphatic heterocycles. The van der Waals surface area contributed by atoms with E-state index < -0.39 is 0 Å². The van der Waals surface area contributed by atoms with Crippen LogP contribution in [0.15, 0.2) is 24.1 Å². The van der Waals surface area contributed by atoms with Crippen molar-refractivity contribution in [3.8, 4) is 0 Å². The maximum Gasteiger partial charge on any atom is 0.0124 e. The second-order valence-corrected chi connectivity index (χ2v) is 5.58. The maximum absolute atomic E-state index is 3.66. The molecule has 0 spiro atoms. The summed E-state index contributed by atoms with van der Waals surface area (Å²) in [7, 11) is 3.75. The second-order valence-electron chi connectivity index (χ2n) is 2.12. The van der Waals surface area contributed by atoms with E-state index in [1.807, 2.05) is 39.4 Å². The summed E-state index contributed by atoms with van der Waals surface area (Å²) in [5.41, 5.74) is 0. The van der Waals surface area contributed by atoms with Crippen molar-refractivity contribution in [2.45, 2.75) is 13.3 Å². The van der Waals surface area contributed by atoms with Gasteiger partial charge in [-0.2, -0.15) is 11.8 Å². The molecule has 0 aromatic rings. The molecular weight excluding hydrogens is 204 g/mol. The van der Waals surface area contributed by atoms with Crippen molar-refractivity contribution in [3.05, 3.63) is 24.1 Å². The Morgan fingerprint density at radius 3 is 2.83 bits per heavy atom. The third-order valence-electron chi connectivity index (χ3n) is 0.957. The minimum absolute atomic E-state index is 1.05. The largest absolute Gasteiger partial charge is 0.154 e. The van der Waals surface area contributed by atoms with E-state index in [2.05, 4.69) is 25.0 Å². The zero-order valence-electron chi connectivity index (χ0n) is 7.49. The van der Waals surface area contributed by atoms with Crippen LogP contribution in [-0.2, 0) is 0 Å². The first-order valence-corrected chi connectivity index (χ1v) is 7.57. The van der Waals surface area contributed by atoms with Gasteiger partial charge >= 0.3 is 0 Å². The van der Waals surface area contributed by atoms with Crippen molar-refractivity contribution >= 4 is 33.3 Å². The summed E-state index contributed by atoms with van der Waals surface area (Å²) >= 11 is 1.89. The lowest BCUT2D eigenvalue weighted by molar-refractivity contribution is 1.11. The molecule has 0 saturated heterocycles. The zero-order valence-corrected chi connectivity index (χ0v) is 9.94. The molecule has 3 heteroatoms. The Bertz CT molecular complexity index is 121. The van der Waals surface area contributed by atoms with Crippen molar-refractivity contribution < 1.29 is 0 Å². The van der Waals surface area contributed by atoms with E-state index >= 15 is 0 Å². The highest BCUT2D eigenvalue weighted by atomic mass is 33.1. The third kappa shape index (κ3) is 10.5. The lowest BCUT2D eigenvalue weighted by Crippen LogP contribution is -1.71. The molecule has 0 aromatic carbocycles. The highest BCUT2D eigenvalue weighted by molar-refractivity contribution is 8.77. The number of hydrogen-bond acceptors (Lipinski definition) is 3. The van der Waals surface area contributed by atoms with Gasteiger partial charge in [-0.1, -0.05) is 40.7 Å². The van der Waals surface area contributed by atoms with Crippen molar-refractivity contribution in [2.24, 2.45) is 0 Å². The topological polar surface area (TPSA) is 0 Å². The van der Waals surface area contributed by atoms with Crippen molar-refractivity contribution in [2.75, 3.05) is 17.3 Å². The van der Waals surface area contributed by atoms with Gasteiger partial charge in [-0.05, 0) is 11.8 Å². The van der Waals surface area contributed by atoms with E-state index in [9.17, 15) is 0 Å². The molecule has 0 unspecified atom stereocenters. The van der Waals surface area contributed by atoms with Gasteiger partial charge in [0, 0.05) is 17.3 Å².